The van der Waals surface area contributed by atoms with Crippen molar-refractivity contribution in [3.05, 3.63) is 71.0 Å². The number of benzene rings is 2. The van der Waals surface area contributed by atoms with E-state index in [1.54, 1.807) is 32.0 Å². The molecule has 0 saturated heterocycles. The highest BCUT2D eigenvalue weighted by atomic mass is 19.1. The molecule has 0 aliphatic carbocycles. The van der Waals surface area contributed by atoms with E-state index in [0.717, 1.165) is 11.6 Å². The number of nitrogens with one attached hydrogen (secondary N) is 3. The number of rotatable bonds is 7. The number of hydrogen-bond donors (Lipinski definition) is 3. The molecule has 0 aliphatic heterocycles. The van der Waals surface area contributed by atoms with Crippen molar-refractivity contribution in [2.45, 2.75) is 26.8 Å². The Kier molecular flexibility index (Phi) is 8.25. The van der Waals surface area contributed by atoms with Crippen LogP contribution in [-0.4, -0.2) is 36.3 Å². The monoisotopic (exact) mass is 429 g/mol. The summed E-state index contributed by atoms with van der Waals surface area (Å²) in [4.78, 5) is 48.5. The Morgan fingerprint density at radius 2 is 1.68 bits per heavy atom. The summed E-state index contributed by atoms with van der Waals surface area (Å²) in [5.41, 5.74) is 5.11. The lowest BCUT2D eigenvalue weighted by molar-refractivity contribution is -0.151. The number of esters is 1. The van der Waals surface area contributed by atoms with Crippen LogP contribution in [0.2, 0.25) is 0 Å². The van der Waals surface area contributed by atoms with Gasteiger partial charge in [-0.15, -0.1) is 0 Å². The molecule has 0 aliphatic rings. The molecule has 9 heteroatoms. The molecule has 0 fully saturated rings. The maximum Gasteiger partial charge on any atom is 0.329 e. The normalized spacial score (nSPS) is 11.4. The van der Waals surface area contributed by atoms with Gasteiger partial charge in [-0.3, -0.25) is 25.2 Å². The Morgan fingerprint density at radius 1 is 0.968 bits per heavy atom. The fraction of sp³-hybridized carbons (Fsp3) is 0.273. The predicted molar refractivity (Wildman–Crippen MR) is 110 cm³/mol. The SMILES string of the molecule is Cc1cccc(C(=O)N[C@H](C(=O)OCC(=O)NNC(=O)c2ccccc2F)C(C)C)c1. The number of ether oxygens (including phenoxy) is 1. The molecule has 3 N–H and O–H groups in total. The predicted octanol–water partition coefficient (Wildman–Crippen LogP) is 1.89. The second-order valence-corrected chi connectivity index (χ2v) is 7.15. The summed E-state index contributed by atoms with van der Waals surface area (Å²) < 4.78 is 18.5. The van der Waals surface area contributed by atoms with Gasteiger partial charge in [-0.05, 0) is 37.1 Å². The third kappa shape index (κ3) is 6.91. The Bertz CT molecular complexity index is 977. The second kappa shape index (κ2) is 10.9. The molecule has 2 aromatic carbocycles. The number of amides is 3. The zero-order chi connectivity index (χ0) is 23.0. The van der Waals surface area contributed by atoms with Gasteiger partial charge < -0.3 is 10.1 Å². The standard InChI is InChI=1S/C22H24FN3O5/c1-13(2)19(24-20(28)15-8-6-7-14(3)11-15)22(30)31-12-18(27)25-26-21(29)16-9-4-5-10-17(16)23/h4-11,13,19H,12H2,1-3H3,(H,24,28)(H,25,27)(H,26,29)/t19-/m0/s1. The highest BCUT2D eigenvalue weighted by molar-refractivity contribution is 5.97. The van der Waals surface area contributed by atoms with Gasteiger partial charge in [0.05, 0.1) is 5.56 Å². The van der Waals surface area contributed by atoms with Gasteiger partial charge in [0.2, 0.25) is 0 Å². The topological polar surface area (TPSA) is 114 Å². The van der Waals surface area contributed by atoms with Crippen molar-refractivity contribution in [2.24, 2.45) is 5.92 Å². The van der Waals surface area contributed by atoms with Crippen molar-refractivity contribution in [3.8, 4) is 0 Å². The number of hydrazine groups is 1. The van der Waals surface area contributed by atoms with Gasteiger partial charge in [0.25, 0.3) is 17.7 Å². The minimum atomic E-state index is -0.978. The van der Waals surface area contributed by atoms with Crippen LogP contribution in [0.3, 0.4) is 0 Å². The van der Waals surface area contributed by atoms with Gasteiger partial charge in [0.1, 0.15) is 11.9 Å². The fourth-order valence-electron chi connectivity index (χ4n) is 2.61. The maximum atomic E-state index is 13.6. The molecule has 0 saturated carbocycles. The van der Waals surface area contributed by atoms with Crippen LogP contribution < -0.4 is 16.2 Å². The molecular formula is C22H24FN3O5. The second-order valence-electron chi connectivity index (χ2n) is 7.15. The third-order valence-electron chi connectivity index (χ3n) is 4.27. The molecule has 1 atom stereocenters. The first kappa shape index (κ1) is 23.5. The number of carbonyl (C=O) groups excluding carboxylic acids is 4. The average molecular weight is 429 g/mol. The van der Waals surface area contributed by atoms with E-state index in [1.165, 1.54) is 18.2 Å². The van der Waals surface area contributed by atoms with E-state index in [0.29, 0.717) is 5.56 Å². The van der Waals surface area contributed by atoms with Gasteiger partial charge in [-0.1, -0.05) is 43.7 Å². The van der Waals surface area contributed by atoms with Crippen molar-refractivity contribution in [2.75, 3.05) is 6.61 Å². The van der Waals surface area contributed by atoms with E-state index in [-0.39, 0.29) is 11.5 Å². The molecule has 0 unspecified atom stereocenters. The summed E-state index contributed by atoms with van der Waals surface area (Å²) in [5, 5.41) is 2.60. The van der Waals surface area contributed by atoms with Crippen molar-refractivity contribution in [1.82, 2.24) is 16.2 Å². The van der Waals surface area contributed by atoms with E-state index in [4.69, 9.17) is 4.74 Å². The van der Waals surface area contributed by atoms with Crippen molar-refractivity contribution >= 4 is 23.7 Å². The number of aryl methyl sites for hydroxylation is 1. The summed E-state index contributed by atoms with van der Waals surface area (Å²) in [5.74, 6) is -3.98. The minimum absolute atomic E-state index is 0.251. The molecular weight excluding hydrogens is 405 g/mol. The highest BCUT2D eigenvalue weighted by Gasteiger charge is 2.27. The Balaban J connectivity index is 1.86. The first-order valence-electron chi connectivity index (χ1n) is 9.57. The van der Waals surface area contributed by atoms with Crippen LogP contribution in [0.4, 0.5) is 4.39 Å². The minimum Gasteiger partial charge on any atom is -0.454 e. The lowest BCUT2D eigenvalue weighted by Gasteiger charge is -2.21. The molecule has 0 radical (unpaired) electrons. The summed E-state index contributed by atoms with van der Waals surface area (Å²) in [6, 6.07) is 11.2. The average Bonchev–Trinajstić information content (AvgIpc) is 2.74. The first-order chi connectivity index (χ1) is 14.7. The molecule has 31 heavy (non-hydrogen) atoms. The molecule has 3 amide bonds. The van der Waals surface area contributed by atoms with E-state index >= 15 is 0 Å². The quantitative estimate of drug-likeness (QED) is 0.460. The zero-order valence-electron chi connectivity index (χ0n) is 17.4. The van der Waals surface area contributed by atoms with Crippen molar-refractivity contribution in [3.63, 3.8) is 0 Å². The molecule has 2 aromatic rings. The maximum absolute atomic E-state index is 13.6. The summed E-state index contributed by atoms with van der Waals surface area (Å²) in [6.07, 6.45) is 0. The Hall–Kier alpha value is -3.75. The fourth-order valence-corrected chi connectivity index (χ4v) is 2.61. The van der Waals surface area contributed by atoms with Crippen LogP contribution >= 0.6 is 0 Å². The van der Waals surface area contributed by atoms with Crippen LogP contribution in [0.1, 0.15) is 40.1 Å². The Labute approximate surface area is 179 Å². The lowest BCUT2D eigenvalue weighted by atomic mass is 10.0. The van der Waals surface area contributed by atoms with E-state index in [1.807, 2.05) is 23.8 Å². The summed E-state index contributed by atoms with van der Waals surface area (Å²) >= 11 is 0. The lowest BCUT2D eigenvalue weighted by Crippen LogP contribution is -2.47. The van der Waals surface area contributed by atoms with E-state index < -0.39 is 42.2 Å². The van der Waals surface area contributed by atoms with Gasteiger partial charge >= 0.3 is 5.97 Å². The van der Waals surface area contributed by atoms with Gasteiger partial charge in [0.15, 0.2) is 6.61 Å². The molecule has 8 nitrogen and oxygen atoms in total. The first-order valence-corrected chi connectivity index (χ1v) is 9.57. The van der Waals surface area contributed by atoms with Crippen LogP contribution in [0.25, 0.3) is 0 Å². The van der Waals surface area contributed by atoms with Crippen LogP contribution in [0, 0.1) is 18.7 Å². The third-order valence-corrected chi connectivity index (χ3v) is 4.27. The van der Waals surface area contributed by atoms with Gasteiger partial charge in [-0.2, -0.15) is 0 Å². The summed E-state index contributed by atoms with van der Waals surface area (Å²) in [7, 11) is 0. The van der Waals surface area contributed by atoms with E-state index in [2.05, 4.69) is 5.32 Å². The Morgan fingerprint density at radius 3 is 2.32 bits per heavy atom. The molecule has 0 bridgehead atoms. The molecule has 164 valence electrons. The van der Waals surface area contributed by atoms with E-state index in [9.17, 15) is 23.6 Å². The highest BCUT2D eigenvalue weighted by Crippen LogP contribution is 2.09. The molecule has 0 heterocycles. The molecule has 0 aromatic heterocycles. The number of halogens is 1. The number of carbonyl (C=O) groups is 4. The van der Waals surface area contributed by atoms with Crippen LogP contribution in [0.5, 0.6) is 0 Å². The largest absolute Gasteiger partial charge is 0.454 e. The van der Waals surface area contributed by atoms with Gasteiger partial charge in [0, 0.05) is 5.56 Å². The smallest absolute Gasteiger partial charge is 0.329 e. The molecule has 0 spiro atoms. The van der Waals surface area contributed by atoms with Crippen LogP contribution in [-0.2, 0) is 14.3 Å². The number of hydrogen-bond acceptors (Lipinski definition) is 5. The van der Waals surface area contributed by atoms with Crippen molar-refractivity contribution in [1.29, 1.82) is 0 Å². The van der Waals surface area contributed by atoms with Gasteiger partial charge in [-0.25, -0.2) is 9.18 Å². The zero-order valence-corrected chi connectivity index (χ0v) is 17.4. The molecule has 2 rings (SSSR count). The van der Waals surface area contributed by atoms with Crippen molar-refractivity contribution < 1.29 is 28.3 Å². The summed E-state index contributed by atoms with van der Waals surface area (Å²) in [6.45, 7) is 4.59. The van der Waals surface area contributed by atoms with Crippen LogP contribution in [0.15, 0.2) is 48.5 Å².